The predicted octanol–water partition coefficient (Wildman–Crippen LogP) is 22.3. The Morgan fingerprint density at radius 1 is 0.323 bits per heavy atom. The van der Waals surface area contributed by atoms with E-state index in [9.17, 15) is 43.2 Å². The van der Waals surface area contributed by atoms with Crippen LogP contribution in [0.4, 0.5) is 0 Å². The van der Waals surface area contributed by atoms with Crippen molar-refractivity contribution in [3.05, 3.63) is 24.3 Å². The van der Waals surface area contributed by atoms with Gasteiger partial charge in [-0.2, -0.15) is 0 Å². The Labute approximate surface area is 586 Å². The summed E-state index contributed by atoms with van der Waals surface area (Å²) in [6, 6.07) is 0. The van der Waals surface area contributed by atoms with Gasteiger partial charge in [0.2, 0.25) is 0 Å². The van der Waals surface area contributed by atoms with E-state index in [4.69, 9.17) is 37.0 Å². The number of aliphatic hydroxyl groups is 1. The number of phosphoric ester groups is 2. The highest BCUT2D eigenvalue weighted by atomic mass is 31.2. The zero-order valence-electron chi connectivity index (χ0n) is 62.2. The first-order valence-corrected chi connectivity index (χ1v) is 42.3. The summed E-state index contributed by atoms with van der Waals surface area (Å²) in [6.07, 6.45) is 59.2. The van der Waals surface area contributed by atoms with Gasteiger partial charge in [-0.25, -0.2) is 9.13 Å². The fourth-order valence-corrected chi connectivity index (χ4v) is 12.9. The van der Waals surface area contributed by atoms with Crippen LogP contribution in [-0.4, -0.2) is 96.7 Å². The molecule has 0 bridgehead atoms. The zero-order chi connectivity index (χ0) is 70.7. The van der Waals surface area contributed by atoms with E-state index in [-0.39, 0.29) is 25.7 Å². The molecule has 5 atom stereocenters. The van der Waals surface area contributed by atoms with Gasteiger partial charge in [-0.05, 0) is 63.2 Å². The maximum Gasteiger partial charge on any atom is 0.472 e. The molecule has 0 rings (SSSR count). The van der Waals surface area contributed by atoms with Crippen molar-refractivity contribution in [2.75, 3.05) is 39.6 Å². The van der Waals surface area contributed by atoms with Crippen molar-refractivity contribution in [1.29, 1.82) is 0 Å². The highest BCUT2D eigenvalue weighted by Gasteiger charge is 2.30. The number of allylic oxidation sites excluding steroid dienone is 4. The summed E-state index contributed by atoms with van der Waals surface area (Å²) >= 11 is 0. The normalized spacial score (nSPS) is 14.2. The molecule has 0 amide bonds. The molecule has 0 aromatic heterocycles. The molecule has 0 aliphatic rings. The van der Waals surface area contributed by atoms with E-state index in [1.807, 2.05) is 0 Å². The van der Waals surface area contributed by atoms with Crippen LogP contribution in [0.1, 0.15) is 375 Å². The number of hydrogen-bond acceptors (Lipinski definition) is 15. The topological polar surface area (TPSA) is 237 Å². The van der Waals surface area contributed by atoms with Gasteiger partial charge in [0.25, 0.3) is 0 Å². The predicted molar refractivity (Wildman–Crippen MR) is 391 cm³/mol. The average Bonchev–Trinajstić information content (AvgIpc) is 2.14. The second kappa shape index (κ2) is 68.3. The number of carbonyl (C=O) groups excluding carboxylic acids is 4. The second-order valence-electron chi connectivity index (χ2n) is 28.0. The zero-order valence-corrected chi connectivity index (χ0v) is 63.9. The number of phosphoric acid groups is 2. The third-order valence-corrected chi connectivity index (χ3v) is 19.2. The molecular weight excluding hydrogens is 1260 g/mol. The van der Waals surface area contributed by atoms with Crippen LogP contribution in [0.3, 0.4) is 0 Å². The van der Waals surface area contributed by atoms with E-state index < -0.39 is 97.5 Å². The van der Waals surface area contributed by atoms with Crippen LogP contribution in [0.15, 0.2) is 24.3 Å². The third kappa shape index (κ3) is 70.0. The number of rotatable bonds is 74. The van der Waals surface area contributed by atoms with E-state index in [0.29, 0.717) is 25.7 Å². The van der Waals surface area contributed by atoms with E-state index in [1.165, 1.54) is 167 Å². The highest BCUT2D eigenvalue weighted by molar-refractivity contribution is 7.47. The van der Waals surface area contributed by atoms with Gasteiger partial charge in [-0.1, -0.05) is 323 Å². The first-order valence-electron chi connectivity index (χ1n) is 39.3. The molecular formula is C77H146O17P2. The van der Waals surface area contributed by atoms with Crippen molar-refractivity contribution < 1.29 is 80.2 Å². The quantitative estimate of drug-likeness (QED) is 0.0169. The lowest BCUT2D eigenvalue weighted by Crippen LogP contribution is -2.30. The standard InChI is InChI=1S/C77H146O17P2/c1-7-9-11-13-15-16-17-18-19-27-32-37-43-49-55-61-76(81)93-72(65-87-74(79)59-53-47-39-14-12-10-8-2)67-91-95(83,84)89-63-71(78)64-90-96(85,86)92-68-73(94-77(82)62-56-50-44-38-33-28-23-21-25-30-35-41-46-52-58-70(5)6)66-88-75(80)60-54-48-42-36-31-26-22-20-24-29-34-40-45-51-57-69(3)4/h16-19,69-73,78H,7-15,20-68H2,1-6H3,(H,83,84)(H,85,86)/b17-16-,19-18-/t71-,72+,73+/m0/s1. The summed E-state index contributed by atoms with van der Waals surface area (Å²) < 4.78 is 68.4. The van der Waals surface area contributed by atoms with Gasteiger partial charge in [-0.3, -0.25) is 37.3 Å². The molecule has 0 spiro atoms. The molecule has 0 heterocycles. The van der Waals surface area contributed by atoms with Crippen molar-refractivity contribution in [1.82, 2.24) is 0 Å². The molecule has 17 nitrogen and oxygen atoms in total. The van der Waals surface area contributed by atoms with Crippen LogP contribution >= 0.6 is 15.6 Å². The summed E-state index contributed by atoms with van der Waals surface area (Å²) in [7, 11) is -9.92. The van der Waals surface area contributed by atoms with Crippen molar-refractivity contribution in [3.8, 4) is 0 Å². The summed E-state index contributed by atoms with van der Waals surface area (Å²) in [5.74, 6) is -0.557. The van der Waals surface area contributed by atoms with E-state index in [1.54, 1.807) is 0 Å². The Balaban J connectivity index is 5.23. The van der Waals surface area contributed by atoms with Crippen molar-refractivity contribution in [2.45, 2.75) is 394 Å². The largest absolute Gasteiger partial charge is 0.472 e. The molecule has 0 aromatic carbocycles. The van der Waals surface area contributed by atoms with Gasteiger partial charge in [0.05, 0.1) is 26.4 Å². The second-order valence-corrected chi connectivity index (χ2v) is 30.9. The fraction of sp³-hybridized carbons (Fsp3) is 0.896. The van der Waals surface area contributed by atoms with Crippen molar-refractivity contribution in [3.63, 3.8) is 0 Å². The molecule has 0 saturated heterocycles. The van der Waals surface area contributed by atoms with Crippen molar-refractivity contribution in [2.24, 2.45) is 11.8 Å². The van der Waals surface area contributed by atoms with Crippen LogP contribution in [0.5, 0.6) is 0 Å². The average molecular weight is 1410 g/mol. The number of aliphatic hydroxyl groups excluding tert-OH is 1. The van der Waals surface area contributed by atoms with Gasteiger partial charge in [0, 0.05) is 25.7 Å². The van der Waals surface area contributed by atoms with Crippen LogP contribution in [0.25, 0.3) is 0 Å². The number of ether oxygens (including phenoxy) is 4. The Morgan fingerprint density at radius 2 is 0.562 bits per heavy atom. The Morgan fingerprint density at radius 3 is 0.854 bits per heavy atom. The summed E-state index contributed by atoms with van der Waals surface area (Å²) in [6.45, 7) is 9.54. The third-order valence-electron chi connectivity index (χ3n) is 17.3. The van der Waals surface area contributed by atoms with Crippen LogP contribution in [-0.2, 0) is 65.4 Å². The minimum absolute atomic E-state index is 0.0847. The molecule has 3 N–H and O–H groups in total. The Bertz CT molecular complexity index is 1950. The van der Waals surface area contributed by atoms with Gasteiger partial charge in [0.1, 0.15) is 19.3 Å². The molecule has 0 saturated carbocycles. The maximum atomic E-state index is 13.1. The molecule has 566 valence electrons. The molecule has 0 fully saturated rings. The Hall–Kier alpha value is -2.46. The van der Waals surface area contributed by atoms with Crippen LogP contribution < -0.4 is 0 Å². The van der Waals surface area contributed by atoms with Gasteiger partial charge in [0.15, 0.2) is 12.2 Å². The molecule has 96 heavy (non-hydrogen) atoms. The highest BCUT2D eigenvalue weighted by Crippen LogP contribution is 2.45. The van der Waals surface area contributed by atoms with E-state index in [2.05, 4.69) is 65.8 Å². The molecule has 0 aliphatic heterocycles. The molecule has 0 aromatic rings. The SMILES string of the molecule is CCCCCC/C=C\C=C/CCCCCCCC(=O)O[C@H](COC(=O)CCCCCCCCC)COP(=O)(O)OC[C@H](O)COP(=O)(O)OC[C@@H](COC(=O)CCCCCCCCCCCCCCCCC(C)C)OC(=O)CCCCCCCCCCCCCCCCC(C)C. The first kappa shape index (κ1) is 93.5. The number of hydrogen-bond donors (Lipinski definition) is 3. The number of unbranched alkanes of at least 4 members (excludes halogenated alkanes) is 41. The lowest BCUT2D eigenvalue weighted by molar-refractivity contribution is -0.161. The fourth-order valence-electron chi connectivity index (χ4n) is 11.3. The minimum atomic E-state index is -4.96. The van der Waals surface area contributed by atoms with E-state index >= 15 is 0 Å². The smallest absolute Gasteiger partial charge is 0.462 e. The molecule has 0 aliphatic carbocycles. The lowest BCUT2D eigenvalue weighted by Gasteiger charge is -2.21. The first-order chi connectivity index (χ1) is 46.4. The van der Waals surface area contributed by atoms with E-state index in [0.717, 1.165) is 127 Å². The molecule has 0 radical (unpaired) electrons. The van der Waals surface area contributed by atoms with Gasteiger partial charge in [-0.15, -0.1) is 0 Å². The minimum Gasteiger partial charge on any atom is -0.462 e. The lowest BCUT2D eigenvalue weighted by atomic mass is 10.0. The van der Waals surface area contributed by atoms with Gasteiger partial charge < -0.3 is 33.8 Å². The van der Waals surface area contributed by atoms with Crippen molar-refractivity contribution >= 4 is 39.5 Å². The summed E-state index contributed by atoms with van der Waals surface area (Å²) in [5.41, 5.74) is 0. The number of carbonyl (C=O) groups is 4. The van der Waals surface area contributed by atoms with Crippen LogP contribution in [0, 0.1) is 11.8 Å². The van der Waals surface area contributed by atoms with Gasteiger partial charge >= 0.3 is 39.5 Å². The maximum absolute atomic E-state index is 13.1. The summed E-state index contributed by atoms with van der Waals surface area (Å²) in [4.78, 5) is 72.7. The molecule has 19 heteroatoms. The monoisotopic (exact) mass is 1410 g/mol. The van der Waals surface area contributed by atoms with Crippen LogP contribution in [0.2, 0.25) is 0 Å². The molecule has 2 unspecified atom stereocenters. The Kier molecular flexibility index (Phi) is 66.6. The summed E-state index contributed by atoms with van der Waals surface area (Å²) in [5, 5.41) is 10.6. The number of esters is 4.